The third-order valence-corrected chi connectivity index (χ3v) is 2.95. The summed E-state index contributed by atoms with van der Waals surface area (Å²) in [5, 5.41) is 11.0. The van der Waals surface area contributed by atoms with Crippen molar-refractivity contribution in [3.63, 3.8) is 0 Å². The van der Waals surface area contributed by atoms with Crippen LogP contribution in [0.4, 0.5) is 0 Å². The predicted molar refractivity (Wildman–Crippen MR) is 72.5 cm³/mol. The molecule has 0 aliphatic rings. The van der Waals surface area contributed by atoms with Gasteiger partial charge in [-0.15, -0.1) is 0 Å². The van der Waals surface area contributed by atoms with E-state index in [0.717, 1.165) is 22.0 Å². The molecule has 0 aliphatic carbocycles. The standard InChI is InChI=1S/C15H9N3O/c16-7-12-5-13(9-18-15(12)19)14-6-10-3-1-2-4-11(10)8-17-14/h1-6,8-9H,(H,18,19). The lowest BCUT2D eigenvalue weighted by Gasteiger charge is -2.03. The second-order valence-electron chi connectivity index (χ2n) is 4.16. The van der Waals surface area contributed by atoms with E-state index in [1.165, 1.54) is 0 Å². The van der Waals surface area contributed by atoms with Gasteiger partial charge in [0.05, 0.1) is 5.69 Å². The average molecular weight is 247 g/mol. The van der Waals surface area contributed by atoms with Crippen molar-refractivity contribution >= 4 is 10.8 Å². The van der Waals surface area contributed by atoms with Crippen LogP contribution in [-0.2, 0) is 0 Å². The number of aromatic nitrogens is 2. The lowest BCUT2D eigenvalue weighted by atomic mass is 10.1. The van der Waals surface area contributed by atoms with Gasteiger partial charge in [-0.25, -0.2) is 0 Å². The van der Waals surface area contributed by atoms with Crippen LogP contribution in [0, 0.1) is 11.3 Å². The fraction of sp³-hybridized carbons (Fsp3) is 0. The number of aromatic amines is 1. The summed E-state index contributed by atoms with van der Waals surface area (Å²) in [5.41, 5.74) is 1.16. The first-order chi connectivity index (χ1) is 9.28. The van der Waals surface area contributed by atoms with Crippen LogP contribution in [0.1, 0.15) is 5.56 Å². The summed E-state index contributed by atoms with van der Waals surface area (Å²) < 4.78 is 0. The summed E-state index contributed by atoms with van der Waals surface area (Å²) in [6.45, 7) is 0. The molecule has 0 fully saturated rings. The zero-order chi connectivity index (χ0) is 13.2. The maximum absolute atomic E-state index is 11.3. The van der Waals surface area contributed by atoms with Crippen LogP contribution < -0.4 is 5.56 Å². The molecule has 0 saturated heterocycles. The number of nitrogens with zero attached hydrogens (tertiary/aromatic N) is 2. The Bertz CT molecular complexity index is 859. The molecular weight excluding hydrogens is 238 g/mol. The monoisotopic (exact) mass is 247 g/mol. The average Bonchev–Trinajstić information content (AvgIpc) is 2.47. The van der Waals surface area contributed by atoms with Gasteiger partial charge in [0.2, 0.25) is 0 Å². The van der Waals surface area contributed by atoms with Crippen LogP contribution >= 0.6 is 0 Å². The van der Waals surface area contributed by atoms with Gasteiger partial charge in [-0.2, -0.15) is 5.26 Å². The molecule has 0 saturated carbocycles. The topological polar surface area (TPSA) is 69.5 Å². The normalized spacial score (nSPS) is 10.3. The third-order valence-electron chi connectivity index (χ3n) is 2.95. The van der Waals surface area contributed by atoms with Crippen molar-refractivity contribution in [2.45, 2.75) is 0 Å². The number of fused-ring (bicyclic) bond motifs is 1. The molecule has 0 unspecified atom stereocenters. The highest BCUT2D eigenvalue weighted by atomic mass is 16.1. The first-order valence-corrected chi connectivity index (χ1v) is 5.76. The van der Waals surface area contributed by atoms with Gasteiger partial charge in [0, 0.05) is 23.3 Å². The zero-order valence-corrected chi connectivity index (χ0v) is 9.92. The molecule has 4 nitrogen and oxygen atoms in total. The molecular formula is C15H9N3O. The van der Waals surface area contributed by atoms with Crippen LogP contribution in [0.25, 0.3) is 22.0 Å². The highest BCUT2D eigenvalue weighted by Crippen LogP contribution is 2.21. The predicted octanol–water partition coefficient (Wildman–Crippen LogP) is 2.46. The first kappa shape index (κ1) is 11.2. The maximum atomic E-state index is 11.3. The molecule has 0 aliphatic heterocycles. The lowest BCUT2D eigenvalue weighted by molar-refractivity contribution is 1.20. The van der Waals surface area contributed by atoms with Crippen LogP contribution in [0.5, 0.6) is 0 Å². The zero-order valence-electron chi connectivity index (χ0n) is 9.92. The number of nitriles is 1. The van der Waals surface area contributed by atoms with Crippen molar-refractivity contribution < 1.29 is 0 Å². The van der Waals surface area contributed by atoms with Crippen molar-refractivity contribution in [1.29, 1.82) is 5.26 Å². The number of pyridine rings is 2. The van der Waals surface area contributed by atoms with Crippen LogP contribution in [-0.4, -0.2) is 9.97 Å². The molecule has 19 heavy (non-hydrogen) atoms. The Labute approximate surface area is 109 Å². The molecule has 2 aromatic heterocycles. The smallest absolute Gasteiger partial charge is 0.265 e. The fourth-order valence-electron chi connectivity index (χ4n) is 1.96. The highest BCUT2D eigenvalue weighted by molar-refractivity contribution is 5.85. The highest BCUT2D eigenvalue weighted by Gasteiger charge is 2.05. The molecule has 3 rings (SSSR count). The maximum Gasteiger partial charge on any atom is 0.265 e. The Morgan fingerprint density at radius 3 is 2.74 bits per heavy atom. The minimum Gasteiger partial charge on any atom is -0.327 e. The summed E-state index contributed by atoms with van der Waals surface area (Å²) in [6.07, 6.45) is 3.35. The Balaban J connectivity index is 2.19. The molecule has 0 amide bonds. The Morgan fingerprint density at radius 2 is 1.95 bits per heavy atom. The second kappa shape index (κ2) is 4.39. The van der Waals surface area contributed by atoms with E-state index < -0.39 is 0 Å². The number of H-pyrrole nitrogens is 1. The molecule has 0 radical (unpaired) electrons. The number of hydrogen-bond donors (Lipinski definition) is 1. The molecule has 1 aromatic carbocycles. The summed E-state index contributed by atoms with van der Waals surface area (Å²) in [4.78, 5) is 18.2. The molecule has 4 heteroatoms. The molecule has 3 aromatic rings. The number of benzene rings is 1. The van der Waals surface area contributed by atoms with Gasteiger partial charge >= 0.3 is 0 Å². The summed E-state index contributed by atoms with van der Waals surface area (Å²) in [6, 6.07) is 13.3. The van der Waals surface area contributed by atoms with Crippen molar-refractivity contribution in [3.8, 4) is 17.3 Å². The van der Waals surface area contributed by atoms with E-state index in [1.54, 1.807) is 18.5 Å². The van der Waals surface area contributed by atoms with E-state index in [1.807, 2.05) is 36.4 Å². The van der Waals surface area contributed by atoms with Gasteiger partial charge in [-0.05, 0) is 17.5 Å². The lowest BCUT2D eigenvalue weighted by Crippen LogP contribution is -2.09. The van der Waals surface area contributed by atoms with Gasteiger partial charge in [0.1, 0.15) is 11.6 Å². The van der Waals surface area contributed by atoms with E-state index in [4.69, 9.17) is 5.26 Å². The van der Waals surface area contributed by atoms with Crippen LogP contribution in [0.3, 0.4) is 0 Å². The number of hydrogen-bond acceptors (Lipinski definition) is 3. The first-order valence-electron chi connectivity index (χ1n) is 5.76. The van der Waals surface area contributed by atoms with E-state index in [0.29, 0.717) is 0 Å². The van der Waals surface area contributed by atoms with E-state index in [2.05, 4.69) is 9.97 Å². The Kier molecular flexibility index (Phi) is 2.58. The minimum absolute atomic E-state index is 0.0902. The molecule has 90 valence electrons. The van der Waals surface area contributed by atoms with Crippen LogP contribution in [0.15, 0.2) is 53.6 Å². The molecule has 0 spiro atoms. The van der Waals surface area contributed by atoms with Gasteiger partial charge in [-0.1, -0.05) is 24.3 Å². The van der Waals surface area contributed by atoms with Crippen molar-refractivity contribution in [2.75, 3.05) is 0 Å². The molecule has 2 heterocycles. The summed E-state index contributed by atoms with van der Waals surface area (Å²) in [5.74, 6) is 0. The van der Waals surface area contributed by atoms with Gasteiger partial charge < -0.3 is 4.98 Å². The van der Waals surface area contributed by atoms with Crippen molar-refractivity contribution in [1.82, 2.24) is 9.97 Å². The Morgan fingerprint density at radius 1 is 1.16 bits per heavy atom. The second-order valence-corrected chi connectivity index (χ2v) is 4.16. The largest absolute Gasteiger partial charge is 0.327 e. The van der Waals surface area contributed by atoms with Crippen LogP contribution in [0.2, 0.25) is 0 Å². The van der Waals surface area contributed by atoms with Gasteiger partial charge in [-0.3, -0.25) is 9.78 Å². The summed E-state index contributed by atoms with van der Waals surface area (Å²) in [7, 11) is 0. The van der Waals surface area contributed by atoms with Gasteiger partial charge in [0.15, 0.2) is 0 Å². The number of nitrogens with one attached hydrogen (secondary N) is 1. The fourth-order valence-corrected chi connectivity index (χ4v) is 1.96. The molecule has 0 bridgehead atoms. The van der Waals surface area contributed by atoms with E-state index >= 15 is 0 Å². The van der Waals surface area contributed by atoms with Crippen molar-refractivity contribution in [2.24, 2.45) is 0 Å². The molecule has 0 atom stereocenters. The van der Waals surface area contributed by atoms with E-state index in [9.17, 15) is 4.79 Å². The Hall–Kier alpha value is -2.93. The summed E-state index contributed by atoms with van der Waals surface area (Å²) >= 11 is 0. The SMILES string of the molecule is N#Cc1cc(-c2cc3ccccc3cn2)c[nH]c1=O. The third kappa shape index (κ3) is 1.98. The van der Waals surface area contributed by atoms with Crippen molar-refractivity contribution in [3.05, 3.63) is 64.7 Å². The van der Waals surface area contributed by atoms with E-state index in [-0.39, 0.29) is 11.1 Å². The van der Waals surface area contributed by atoms with Gasteiger partial charge in [0.25, 0.3) is 5.56 Å². The number of rotatable bonds is 1. The minimum atomic E-state index is -0.382. The quantitative estimate of drug-likeness (QED) is 0.718. The molecule has 1 N–H and O–H groups in total.